The Balaban J connectivity index is 1.74. The molecule has 1 amide bonds. The number of aryl methyl sites for hydroxylation is 2. The zero-order chi connectivity index (χ0) is 19.0. The molecule has 27 heavy (non-hydrogen) atoms. The van der Waals surface area contributed by atoms with E-state index in [0.29, 0.717) is 45.3 Å². The van der Waals surface area contributed by atoms with Crippen LogP contribution in [0.25, 0.3) is 10.2 Å². The molecule has 4 aromatic rings. The van der Waals surface area contributed by atoms with Gasteiger partial charge in [-0.2, -0.15) is 0 Å². The molecule has 0 bridgehead atoms. The van der Waals surface area contributed by atoms with Crippen molar-refractivity contribution in [3.05, 3.63) is 75.4 Å². The molecule has 0 atom stereocenters. The molecule has 0 aromatic carbocycles. The number of hydrogen-bond acceptors (Lipinski definition) is 6. The van der Waals surface area contributed by atoms with Crippen LogP contribution in [0.5, 0.6) is 0 Å². The number of aromatic nitrogens is 2. The fraction of sp³-hybridized carbons (Fsp3) is 0.211. The molecule has 0 fully saturated rings. The minimum absolute atomic E-state index is 0.156. The van der Waals surface area contributed by atoms with Crippen LogP contribution >= 0.6 is 11.3 Å². The number of carbonyl (C=O) groups excluding carboxylic acids is 1. The van der Waals surface area contributed by atoms with E-state index in [2.05, 4.69) is 4.98 Å². The molecule has 4 heterocycles. The highest BCUT2D eigenvalue weighted by Gasteiger charge is 2.25. The van der Waals surface area contributed by atoms with Crippen LogP contribution in [0.15, 0.2) is 56.7 Å². The van der Waals surface area contributed by atoms with Crippen molar-refractivity contribution in [1.82, 2.24) is 14.5 Å². The van der Waals surface area contributed by atoms with Gasteiger partial charge in [0.25, 0.3) is 11.5 Å². The largest absolute Gasteiger partial charge is 0.467 e. The maximum Gasteiger partial charge on any atom is 0.265 e. The molecule has 4 aromatic heterocycles. The second-order valence-corrected chi connectivity index (χ2v) is 7.22. The molecule has 138 valence electrons. The van der Waals surface area contributed by atoms with Gasteiger partial charge in [-0.25, -0.2) is 4.98 Å². The van der Waals surface area contributed by atoms with Crippen molar-refractivity contribution in [3.8, 4) is 0 Å². The van der Waals surface area contributed by atoms with Crippen molar-refractivity contribution in [2.75, 3.05) is 0 Å². The molecular formula is C19H17N3O4S. The third kappa shape index (κ3) is 3.19. The smallest absolute Gasteiger partial charge is 0.265 e. The second kappa shape index (κ2) is 6.88. The Labute approximate surface area is 158 Å². The monoisotopic (exact) mass is 383 g/mol. The predicted octanol–water partition coefficient (Wildman–Crippen LogP) is 3.33. The molecule has 7 nitrogen and oxygen atoms in total. The first-order valence-corrected chi connectivity index (χ1v) is 9.15. The maximum atomic E-state index is 13.3. The van der Waals surface area contributed by atoms with E-state index >= 15 is 0 Å². The van der Waals surface area contributed by atoms with Gasteiger partial charge in [-0.1, -0.05) is 0 Å². The molecular weight excluding hydrogens is 366 g/mol. The molecule has 0 radical (unpaired) electrons. The Bertz CT molecular complexity index is 1100. The Kier molecular flexibility index (Phi) is 4.41. The lowest BCUT2D eigenvalue weighted by atomic mass is 10.2. The average Bonchev–Trinajstić information content (AvgIpc) is 3.39. The first kappa shape index (κ1) is 17.3. The third-order valence-corrected chi connectivity index (χ3v) is 5.53. The van der Waals surface area contributed by atoms with Crippen LogP contribution in [-0.4, -0.2) is 20.4 Å². The van der Waals surface area contributed by atoms with E-state index < -0.39 is 0 Å². The van der Waals surface area contributed by atoms with Gasteiger partial charge in [0.05, 0.1) is 42.2 Å². The molecule has 0 saturated carbocycles. The zero-order valence-electron chi connectivity index (χ0n) is 14.8. The van der Waals surface area contributed by atoms with Crippen molar-refractivity contribution in [2.45, 2.75) is 20.0 Å². The summed E-state index contributed by atoms with van der Waals surface area (Å²) in [6, 6.07) is 7.20. The quantitative estimate of drug-likeness (QED) is 0.528. The summed E-state index contributed by atoms with van der Waals surface area (Å²) in [4.78, 5) is 32.7. The van der Waals surface area contributed by atoms with Gasteiger partial charge in [0.15, 0.2) is 0 Å². The van der Waals surface area contributed by atoms with Crippen molar-refractivity contribution in [3.63, 3.8) is 0 Å². The van der Waals surface area contributed by atoms with Gasteiger partial charge >= 0.3 is 0 Å². The van der Waals surface area contributed by atoms with E-state index in [1.54, 1.807) is 43.5 Å². The highest BCUT2D eigenvalue weighted by atomic mass is 32.1. The van der Waals surface area contributed by atoms with Crippen molar-refractivity contribution in [2.24, 2.45) is 7.05 Å². The van der Waals surface area contributed by atoms with E-state index in [4.69, 9.17) is 8.83 Å². The molecule has 4 rings (SSSR count). The number of hydrogen-bond donors (Lipinski definition) is 0. The fourth-order valence-corrected chi connectivity index (χ4v) is 4.04. The Morgan fingerprint density at radius 2 is 1.81 bits per heavy atom. The van der Waals surface area contributed by atoms with Crippen LogP contribution < -0.4 is 5.56 Å². The van der Waals surface area contributed by atoms with Crippen LogP contribution in [0.2, 0.25) is 0 Å². The van der Waals surface area contributed by atoms with Gasteiger partial charge in [0, 0.05) is 7.05 Å². The maximum absolute atomic E-state index is 13.3. The van der Waals surface area contributed by atoms with Crippen LogP contribution in [0.3, 0.4) is 0 Å². The van der Waals surface area contributed by atoms with Crippen LogP contribution in [-0.2, 0) is 20.1 Å². The van der Waals surface area contributed by atoms with Gasteiger partial charge in [-0.05, 0) is 36.8 Å². The molecule has 0 unspecified atom stereocenters. The SMILES string of the molecule is Cc1c(C(=O)N(Cc2ccco2)Cc2ccco2)sc2ncn(C)c(=O)c12. The second-order valence-electron chi connectivity index (χ2n) is 6.22. The van der Waals surface area contributed by atoms with Gasteiger partial charge in [-0.3, -0.25) is 9.59 Å². The number of rotatable bonds is 5. The Morgan fingerprint density at radius 1 is 1.19 bits per heavy atom. The topological polar surface area (TPSA) is 81.5 Å². The lowest BCUT2D eigenvalue weighted by molar-refractivity contribution is 0.0709. The summed E-state index contributed by atoms with van der Waals surface area (Å²) in [6.07, 6.45) is 4.62. The molecule has 0 aliphatic heterocycles. The molecule has 8 heteroatoms. The first-order valence-electron chi connectivity index (χ1n) is 8.33. The number of thiophene rings is 1. The molecule has 0 aliphatic carbocycles. The number of furan rings is 2. The van der Waals surface area contributed by atoms with Gasteiger partial charge in [-0.15, -0.1) is 11.3 Å². The number of amides is 1. The van der Waals surface area contributed by atoms with Crippen molar-refractivity contribution in [1.29, 1.82) is 0 Å². The van der Waals surface area contributed by atoms with E-state index in [1.165, 1.54) is 22.2 Å². The van der Waals surface area contributed by atoms with Crippen molar-refractivity contribution < 1.29 is 13.6 Å². The molecule has 0 saturated heterocycles. The van der Waals surface area contributed by atoms with Gasteiger partial charge in [0.1, 0.15) is 16.4 Å². The molecule has 0 aliphatic rings. The number of fused-ring (bicyclic) bond motifs is 1. The van der Waals surface area contributed by atoms with Gasteiger partial charge < -0.3 is 18.3 Å². The summed E-state index contributed by atoms with van der Waals surface area (Å²) in [5.41, 5.74) is 0.494. The third-order valence-electron chi connectivity index (χ3n) is 4.35. The van der Waals surface area contributed by atoms with E-state index in [-0.39, 0.29) is 11.5 Å². The summed E-state index contributed by atoms with van der Waals surface area (Å²) in [7, 11) is 1.65. The summed E-state index contributed by atoms with van der Waals surface area (Å²) >= 11 is 1.23. The molecule has 0 N–H and O–H groups in total. The van der Waals surface area contributed by atoms with E-state index in [1.807, 2.05) is 12.1 Å². The minimum atomic E-state index is -0.189. The summed E-state index contributed by atoms with van der Waals surface area (Å²) in [5, 5.41) is 0.490. The fourth-order valence-electron chi connectivity index (χ4n) is 2.94. The number of nitrogens with zero attached hydrogens (tertiary/aromatic N) is 3. The summed E-state index contributed by atoms with van der Waals surface area (Å²) in [6.45, 7) is 2.38. The van der Waals surface area contributed by atoms with E-state index in [0.717, 1.165) is 0 Å². The lowest BCUT2D eigenvalue weighted by Crippen LogP contribution is -2.29. The van der Waals surface area contributed by atoms with E-state index in [9.17, 15) is 9.59 Å². The minimum Gasteiger partial charge on any atom is -0.467 e. The Hall–Kier alpha value is -3.13. The van der Waals surface area contributed by atoms with Crippen LogP contribution in [0, 0.1) is 6.92 Å². The lowest BCUT2D eigenvalue weighted by Gasteiger charge is -2.20. The molecule has 0 spiro atoms. The normalized spacial score (nSPS) is 11.2. The standard InChI is InChI=1S/C19H17N3O4S/c1-12-15-17(20-11-21(2)18(15)23)27-16(12)19(24)22(9-13-5-3-7-25-13)10-14-6-4-8-26-14/h3-8,11H,9-10H2,1-2H3. The summed E-state index contributed by atoms with van der Waals surface area (Å²) < 4.78 is 12.2. The highest BCUT2D eigenvalue weighted by molar-refractivity contribution is 7.20. The van der Waals surface area contributed by atoms with Crippen LogP contribution in [0.1, 0.15) is 26.8 Å². The zero-order valence-corrected chi connectivity index (χ0v) is 15.7. The van der Waals surface area contributed by atoms with Crippen LogP contribution in [0.4, 0.5) is 0 Å². The first-order chi connectivity index (χ1) is 13.0. The van der Waals surface area contributed by atoms with Crippen molar-refractivity contribution >= 4 is 27.5 Å². The number of carbonyl (C=O) groups is 1. The predicted molar refractivity (Wildman–Crippen MR) is 101 cm³/mol. The van der Waals surface area contributed by atoms with Gasteiger partial charge in [0.2, 0.25) is 0 Å². The average molecular weight is 383 g/mol. The Morgan fingerprint density at radius 3 is 2.37 bits per heavy atom. The highest BCUT2D eigenvalue weighted by Crippen LogP contribution is 2.29. The summed E-state index contributed by atoms with van der Waals surface area (Å²) in [5.74, 6) is 1.15.